The molecule has 0 saturated heterocycles. The molecule has 1 N–H and O–H groups in total. The summed E-state index contributed by atoms with van der Waals surface area (Å²) in [6, 6.07) is 5.34. The molecule has 3 aromatic rings. The Morgan fingerprint density at radius 3 is 2.69 bits per heavy atom. The van der Waals surface area contributed by atoms with E-state index < -0.39 is 0 Å². The van der Waals surface area contributed by atoms with Crippen LogP contribution in [-0.4, -0.2) is 60.8 Å². The van der Waals surface area contributed by atoms with Gasteiger partial charge in [0.1, 0.15) is 5.75 Å². The molecule has 10 nitrogen and oxygen atoms in total. The number of hydrogen-bond donors (Lipinski definition) is 1. The normalized spacial score (nSPS) is 15.7. The number of nitrogens with zero attached hydrogens (tertiary/aromatic N) is 6. The monoisotopic (exact) mass is 438 g/mol. The van der Waals surface area contributed by atoms with Gasteiger partial charge in [-0.3, -0.25) is 19.6 Å². The first-order chi connectivity index (χ1) is 15.5. The Kier molecular flexibility index (Phi) is 7.48. The topological polar surface area (TPSA) is 123 Å². The largest absolute Gasteiger partial charge is 0.494 e. The number of fused-ring (bicyclic) bond motifs is 1. The minimum absolute atomic E-state index is 0.0771. The van der Waals surface area contributed by atoms with E-state index in [2.05, 4.69) is 28.9 Å². The zero-order chi connectivity index (χ0) is 23.1. The highest BCUT2D eigenvalue weighted by molar-refractivity contribution is 5.97. The standard InChI is InChI=1S/C21H24N6O2.CH2O2/c1-4-14(2)18-20-24-19(15-6-5-8-22-12-15)25-27(20)11-10-26(18)21(28)16-7-9-23-13-17(16)29-3;2-1-3/h5-9,12-14,18H,4,10-11H2,1-3H3;1H,(H,2,3)/t14-,18-;/m0./s1. The summed E-state index contributed by atoms with van der Waals surface area (Å²) in [4.78, 5) is 36.7. The fourth-order valence-electron chi connectivity index (χ4n) is 3.72. The fourth-order valence-corrected chi connectivity index (χ4v) is 3.72. The number of pyridine rings is 2. The summed E-state index contributed by atoms with van der Waals surface area (Å²) in [5.41, 5.74) is 1.38. The fraction of sp³-hybridized carbons (Fsp3) is 0.364. The number of methoxy groups -OCH3 is 1. The second-order valence-corrected chi connectivity index (χ2v) is 7.27. The Bertz CT molecular complexity index is 1060. The van der Waals surface area contributed by atoms with Crippen molar-refractivity contribution in [1.29, 1.82) is 0 Å². The number of ether oxygens (including phenoxy) is 1. The van der Waals surface area contributed by atoms with Gasteiger partial charge in [0.15, 0.2) is 11.6 Å². The van der Waals surface area contributed by atoms with Gasteiger partial charge in [0, 0.05) is 30.7 Å². The smallest absolute Gasteiger partial charge is 0.290 e. The van der Waals surface area contributed by atoms with Crippen molar-refractivity contribution in [2.45, 2.75) is 32.9 Å². The number of carbonyl (C=O) groups is 2. The molecule has 0 spiro atoms. The summed E-state index contributed by atoms with van der Waals surface area (Å²) in [7, 11) is 1.55. The lowest BCUT2D eigenvalue weighted by atomic mass is 9.94. The molecule has 0 unspecified atom stereocenters. The maximum atomic E-state index is 13.4. The third-order valence-corrected chi connectivity index (χ3v) is 5.45. The van der Waals surface area contributed by atoms with Crippen LogP contribution in [0.15, 0.2) is 43.0 Å². The van der Waals surface area contributed by atoms with E-state index in [1.165, 1.54) is 0 Å². The van der Waals surface area contributed by atoms with Crippen LogP contribution in [0.25, 0.3) is 11.4 Å². The zero-order valence-corrected chi connectivity index (χ0v) is 18.3. The Hall–Kier alpha value is -3.82. The van der Waals surface area contributed by atoms with Crippen molar-refractivity contribution in [3.8, 4) is 17.1 Å². The van der Waals surface area contributed by atoms with Gasteiger partial charge in [-0.05, 0) is 24.1 Å². The first-order valence-corrected chi connectivity index (χ1v) is 10.3. The van der Waals surface area contributed by atoms with Gasteiger partial charge in [-0.1, -0.05) is 20.3 Å². The lowest BCUT2D eigenvalue weighted by molar-refractivity contribution is -0.122. The van der Waals surface area contributed by atoms with Crippen LogP contribution >= 0.6 is 0 Å². The molecule has 0 saturated carbocycles. The van der Waals surface area contributed by atoms with Gasteiger partial charge in [0.25, 0.3) is 12.4 Å². The maximum absolute atomic E-state index is 13.4. The first kappa shape index (κ1) is 22.9. The van der Waals surface area contributed by atoms with E-state index in [0.717, 1.165) is 17.8 Å². The van der Waals surface area contributed by atoms with Gasteiger partial charge in [-0.25, -0.2) is 9.67 Å². The third kappa shape index (κ3) is 4.58. The van der Waals surface area contributed by atoms with E-state index in [1.54, 1.807) is 38.0 Å². The van der Waals surface area contributed by atoms with Gasteiger partial charge in [0.2, 0.25) is 0 Å². The predicted octanol–water partition coefficient (Wildman–Crippen LogP) is 2.69. The summed E-state index contributed by atoms with van der Waals surface area (Å²) in [6.45, 7) is 5.16. The molecular weight excluding hydrogens is 412 g/mol. The van der Waals surface area contributed by atoms with Crippen molar-refractivity contribution in [1.82, 2.24) is 29.6 Å². The second-order valence-electron chi connectivity index (χ2n) is 7.27. The number of carboxylic acid groups (broad SMARTS) is 1. The van der Waals surface area contributed by atoms with Crippen LogP contribution < -0.4 is 4.74 Å². The van der Waals surface area contributed by atoms with Crippen LogP contribution in [0.1, 0.15) is 42.5 Å². The molecule has 3 aromatic heterocycles. The van der Waals surface area contributed by atoms with E-state index in [0.29, 0.717) is 30.2 Å². The minimum Gasteiger partial charge on any atom is -0.494 e. The van der Waals surface area contributed by atoms with E-state index in [4.69, 9.17) is 19.6 Å². The molecule has 0 fully saturated rings. The summed E-state index contributed by atoms with van der Waals surface area (Å²) in [6.07, 6.45) is 7.57. The minimum atomic E-state index is -0.250. The summed E-state index contributed by atoms with van der Waals surface area (Å²) in [5, 5.41) is 11.6. The Morgan fingerprint density at radius 1 is 1.28 bits per heavy atom. The van der Waals surface area contributed by atoms with Crippen molar-refractivity contribution in [3.05, 3.63) is 54.4 Å². The lowest BCUT2D eigenvalue weighted by Gasteiger charge is -2.38. The number of hydrogen-bond acceptors (Lipinski definition) is 7. The van der Waals surface area contributed by atoms with Gasteiger partial charge >= 0.3 is 0 Å². The molecule has 4 heterocycles. The highest BCUT2D eigenvalue weighted by Gasteiger charge is 2.38. The second kappa shape index (κ2) is 10.5. The van der Waals surface area contributed by atoms with Crippen LogP contribution in [0.2, 0.25) is 0 Å². The Labute approximate surface area is 185 Å². The molecule has 2 atom stereocenters. The van der Waals surface area contributed by atoms with Crippen LogP contribution in [0, 0.1) is 5.92 Å². The number of rotatable bonds is 5. The van der Waals surface area contributed by atoms with E-state index in [-0.39, 0.29) is 24.3 Å². The summed E-state index contributed by atoms with van der Waals surface area (Å²) in [5.74, 6) is 2.06. The first-order valence-electron chi connectivity index (χ1n) is 10.3. The van der Waals surface area contributed by atoms with E-state index in [1.807, 2.05) is 21.7 Å². The molecule has 0 aliphatic carbocycles. The molecular formula is C22H26N6O4. The third-order valence-electron chi connectivity index (χ3n) is 5.45. The van der Waals surface area contributed by atoms with Crippen LogP contribution in [-0.2, 0) is 11.3 Å². The zero-order valence-electron chi connectivity index (χ0n) is 18.3. The van der Waals surface area contributed by atoms with Crippen molar-refractivity contribution < 1.29 is 19.4 Å². The molecule has 1 aliphatic heterocycles. The Balaban J connectivity index is 0.000000913. The SMILES string of the molecule is CC[C@H](C)[C@H]1c2nc(-c3cccnc3)nn2CCN1C(=O)c1ccncc1OC.O=CO. The summed E-state index contributed by atoms with van der Waals surface area (Å²) < 4.78 is 7.28. The average Bonchev–Trinajstić information content (AvgIpc) is 3.28. The molecule has 0 radical (unpaired) electrons. The van der Waals surface area contributed by atoms with Crippen molar-refractivity contribution in [3.63, 3.8) is 0 Å². The molecule has 10 heteroatoms. The Morgan fingerprint density at radius 2 is 2.03 bits per heavy atom. The molecule has 4 rings (SSSR count). The van der Waals surface area contributed by atoms with Gasteiger partial charge in [-0.2, -0.15) is 5.10 Å². The maximum Gasteiger partial charge on any atom is 0.290 e. The predicted molar refractivity (Wildman–Crippen MR) is 116 cm³/mol. The quantitative estimate of drug-likeness (QED) is 0.603. The van der Waals surface area contributed by atoms with Crippen molar-refractivity contribution in [2.75, 3.05) is 13.7 Å². The van der Waals surface area contributed by atoms with E-state index in [9.17, 15) is 4.79 Å². The molecule has 1 aliphatic rings. The molecule has 32 heavy (non-hydrogen) atoms. The molecule has 1 amide bonds. The van der Waals surface area contributed by atoms with E-state index >= 15 is 0 Å². The average molecular weight is 438 g/mol. The van der Waals surface area contributed by atoms with Crippen molar-refractivity contribution >= 4 is 12.4 Å². The summed E-state index contributed by atoms with van der Waals surface area (Å²) >= 11 is 0. The molecule has 0 bridgehead atoms. The van der Waals surface area contributed by atoms with Crippen LogP contribution in [0.4, 0.5) is 0 Å². The molecule has 0 aromatic carbocycles. The van der Waals surface area contributed by atoms with Gasteiger partial charge in [0.05, 0.1) is 31.5 Å². The number of amides is 1. The van der Waals surface area contributed by atoms with Gasteiger partial charge < -0.3 is 14.7 Å². The van der Waals surface area contributed by atoms with Crippen LogP contribution in [0.5, 0.6) is 5.75 Å². The van der Waals surface area contributed by atoms with Gasteiger partial charge in [-0.15, -0.1) is 0 Å². The number of carbonyl (C=O) groups excluding carboxylic acids is 1. The lowest BCUT2D eigenvalue weighted by Crippen LogP contribution is -2.45. The van der Waals surface area contributed by atoms with Crippen molar-refractivity contribution in [2.24, 2.45) is 5.92 Å². The molecule has 168 valence electrons. The number of aromatic nitrogens is 5. The van der Waals surface area contributed by atoms with Crippen LogP contribution in [0.3, 0.4) is 0 Å². The highest BCUT2D eigenvalue weighted by Crippen LogP contribution is 2.35. The highest BCUT2D eigenvalue weighted by atomic mass is 16.5.